The van der Waals surface area contributed by atoms with Crippen molar-refractivity contribution in [3.8, 4) is 16.9 Å². The number of hydrogen-bond donors (Lipinski definition) is 3. The molecule has 2 aromatic rings. The fourth-order valence-electron chi connectivity index (χ4n) is 5.10. The zero-order chi connectivity index (χ0) is 24.8. The van der Waals surface area contributed by atoms with Crippen molar-refractivity contribution in [2.75, 3.05) is 51.2 Å². The second-order valence-electron chi connectivity index (χ2n) is 9.89. The molecule has 7 heteroatoms. The van der Waals surface area contributed by atoms with Gasteiger partial charge in [0, 0.05) is 51.4 Å². The summed E-state index contributed by atoms with van der Waals surface area (Å²) in [5.41, 5.74) is 5.13. The number of nitrogens with zero attached hydrogens (tertiary/aromatic N) is 2. The van der Waals surface area contributed by atoms with Gasteiger partial charge in [-0.2, -0.15) is 0 Å². The lowest BCUT2D eigenvalue weighted by Crippen LogP contribution is -2.26. The third-order valence-electron chi connectivity index (χ3n) is 7.21. The molecule has 2 aliphatic heterocycles. The SMILES string of the molecule is Cc1c(NC(=O)CCN2CCC(O)C2)cccc1-c1cccc(OCCCN2CCC(O)C2)c1C. The second kappa shape index (κ2) is 12.0. The summed E-state index contributed by atoms with van der Waals surface area (Å²) in [6.45, 7) is 9.59. The van der Waals surface area contributed by atoms with Gasteiger partial charge in [0.1, 0.15) is 5.75 Å². The number of likely N-dealkylation sites (tertiary alicyclic amines) is 2. The van der Waals surface area contributed by atoms with Gasteiger partial charge in [-0.1, -0.05) is 24.3 Å². The van der Waals surface area contributed by atoms with Crippen molar-refractivity contribution in [1.29, 1.82) is 0 Å². The Balaban J connectivity index is 1.35. The molecule has 1 amide bonds. The summed E-state index contributed by atoms with van der Waals surface area (Å²) in [5, 5.41) is 22.4. The second-order valence-corrected chi connectivity index (χ2v) is 9.89. The number of hydrogen-bond acceptors (Lipinski definition) is 6. The van der Waals surface area contributed by atoms with Crippen LogP contribution in [0.15, 0.2) is 36.4 Å². The average Bonchev–Trinajstić information content (AvgIpc) is 3.45. The van der Waals surface area contributed by atoms with E-state index in [1.165, 1.54) is 0 Å². The maximum Gasteiger partial charge on any atom is 0.225 e. The van der Waals surface area contributed by atoms with Crippen molar-refractivity contribution in [3.05, 3.63) is 47.5 Å². The van der Waals surface area contributed by atoms with E-state index in [-0.39, 0.29) is 18.1 Å². The number of benzene rings is 2. The summed E-state index contributed by atoms with van der Waals surface area (Å²) in [5.74, 6) is 0.872. The number of aliphatic hydroxyl groups excluding tert-OH is 2. The molecule has 2 fully saturated rings. The molecule has 2 aromatic carbocycles. The lowest BCUT2D eigenvalue weighted by atomic mass is 9.95. The summed E-state index contributed by atoms with van der Waals surface area (Å²) in [7, 11) is 0. The van der Waals surface area contributed by atoms with Crippen molar-refractivity contribution in [2.24, 2.45) is 0 Å². The van der Waals surface area contributed by atoms with E-state index < -0.39 is 0 Å². The number of carbonyl (C=O) groups excluding carboxylic acids is 1. The van der Waals surface area contributed by atoms with E-state index in [1.807, 2.05) is 31.2 Å². The third kappa shape index (κ3) is 6.82. The number of β-amino-alcohol motifs (C(OH)–C–C–N with tert-alkyl or cyclic N) is 2. The van der Waals surface area contributed by atoms with Crippen LogP contribution in [-0.4, -0.2) is 84.0 Å². The molecule has 0 saturated carbocycles. The molecule has 0 radical (unpaired) electrons. The molecule has 190 valence electrons. The number of rotatable bonds is 10. The molecule has 0 aromatic heterocycles. The Bertz CT molecular complexity index is 1010. The van der Waals surface area contributed by atoms with Crippen LogP contribution in [0.4, 0.5) is 5.69 Å². The first kappa shape index (κ1) is 25.6. The standard InChI is InChI=1S/C28H39N3O4/c1-20-24(6-3-8-26(20)29-28(34)12-16-31-15-11-23(33)19-31)25-7-4-9-27(21(25)2)35-17-5-13-30-14-10-22(32)18-30/h3-4,6-9,22-23,32-33H,5,10-19H2,1-2H3,(H,29,34). The Morgan fingerprint density at radius 3 is 2.23 bits per heavy atom. The maximum atomic E-state index is 12.6. The van der Waals surface area contributed by atoms with Gasteiger partial charge in [0.05, 0.1) is 18.8 Å². The minimum absolute atomic E-state index is 0.00836. The van der Waals surface area contributed by atoms with Crippen LogP contribution in [-0.2, 0) is 4.79 Å². The summed E-state index contributed by atoms with van der Waals surface area (Å²) in [4.78, 5) is 17.0. The van der Waals surface area contributed by atoms with Crippen LogP contribution in [0.2, 0.25) is 0 Å². The molecule has 3 N–H and O–H groups in total. The van der Waals surface area contributed by atoms with Crippen LogP contribution in [0.1, 0.15) is 36.8 Å². The molecule has 2 atom stereocenters. The van der Waals surface area contributed by atoms with E-state index in [1.54, 1.807) is 0 Å². The summed E-state index contributed by atoms with van der Waals surface area (Å²) >= 11 is 0. The van der Waals surface area contributed by atoms with Crippen molar-refractivity contribution in [1.82, 2.24) is 9.80 Å². The highest BCUT2D eigenvalue weighted by Gasteiger charge is 2.21. The highest BCUT2D eigenvalue weighted by molar-refractivity contribution is 5.93. The van der Waals surface area contributed by atoms with Crippen LogP contribution < -0.4 is 10.1 Å². The van der Waals surface area contributed by atoms with Crippen LogP contribution >= 0.6 is 0 Å². The first-order valence-electron chi connectivity index (χ1n) is 12.8. The molecule has 0 bridgehead atoms. The molecule has 2 unspecified atom stereocenters. The number of amides is 1. The minimum atomic E-state index is -0.265. The normalized spacial score (nSPS) is 20.9. The highest BCUT2D eigenvalue weighted by atomic mass is 16.5. The van der Waals surface area contributed by atoms with Gasteiger partial charge in [0.25, 0.3) is 0 Å². The van der Waals surface area contributed by atoms with Gasteiger partial charge >= 0.3 is 0 Å². The van der Waals surface area contributed by atoms with E-state index >= 15 is 0 Å². The van der Waals surface area contributed by atoms with E-state index in [9.17, 15) is 15.0 Å². The van der Waals surface area contributed by atoms with Crippen molar-refractivity contribution in [2.45, 2.75) is 51.7 Å². The predicted octanol–water partition coefficient (Wildman–Crippen LogP) is 3.20. The summed E-state index contributed by atoms with van der Waals surface area (Å²) in [6, 6.07) is 12.1. The molecular formula is C28H39N3O4. The molecule has 2 aliphatic rings. The van der Waals surface area contributed by atoms with E-state index in [2.05, 4.69) is 34.2 Å². The van der Waals surface area contributed by atoms with Crippen molar-refractivity contribution < 1.29 is 19.7 Å². The van der Waals surface area contributed by atoms with E-state index in [4.69, 9.17) is 4.74 Å². The topological polar surface area (TPSA) is 85.3 Å². The Morgan fingerprint density at radius 1 is 0.943 bits per heavy atom. The Kier molecular flexibility index (Phi) is 8.78. The van der Waals surface area contributed by atoms with Gasteiger partial charge in [-0.05, 0) is 67.5 Å². The van der Waals surface area contributed by atoms with E-state index in [0.29, 0.717) is 26.1 Å². The van der Waals surface area contributed by atoms with Crippen LogP contribution in [0, 0.1) is 13.8 Å². The van der Waals surface area contributed by atoms with Crippen molar-refractivity contribution >= 4 is 11.6 Å². The minimum Gasteiger partial charge on any atom is -0.493 e. The molecule has 35 heavy (non-hydrogen) atoms. The zero-order valence-electron chi connectivity index (χ0n) is 21.0. The first-order chi connectivity index (χ1) is 16.9. The highest BCUT2D eigenvalue weighted by Crippen LogP contribution is 2.34. The average molecular weight is 482 g/mol. The van der Waals surface area contributed by atoms with Gasteiger partial charge < -0.3 is 30.1 Å². The monoisotopic (exact) mass is 481 g/mol. The number of anilines is 1. The van der Waals surface area contributed by atoms with Crippen LogP contribution in [0.5, 0.6) is 5.75 Å². The fourth-order valence-corrected chi connectivity index (χ4v) is 5.10. The molecule has 0 aliphatic carbocycles. The summed E-state index contributed by atoms with van der Waals surface area (Å²) < 4.78 is 6.13. The fraction of sp³-hybridized carbons (Fsp3) is 0.536. The first-order valence-corrected chi connectivity index (χ1v) is 12.8. The zero-order valence-corrected chi connectivity index (χ0v) is 21.0. The Labute approximate surface area is 208 Å². The van der Waals surface area contributed by atoms with Gasteiger partial charge in [-0.15, -0.1) is 0 Å². The lowest BCUT2D eigenvalue weighted by Gasteiger charge is -2.18. The molecule has 2 heterocycles. The quantitative estimate of drug-likeness (QED) is 0.452. The van der Waals surface area contributed by atoms with Crippen LogP contribution in [0.25, 0.3) is 11.1 Å². The predicted molar refractivity (Wildman–Crippen MR) is 139 cm³/mol. The van der Waals surface area contributed by atoms with Gasteiger partial charge in [-0.3, -0.25) is 4.79 Å². The number of ether oxygens (including phenoxy) is 1. The largest absolute Gasteiger partial charge is 0.493 e. The molecule has 2 saturated heterocycles. The number of nitrogens with one attached hydrogen (secondary N) is 1. The lowest BCUT2D eigenvalue weighted by molar-refractivity contribution is -0.116. The van der Waals surface area contributed by atoms with Gasteiger partial charge in [0.2, 0.25) is 5.91 Å². The van der Waals surface area contributed by atoms with E-state index in [0.717, 1.165) is 79.1 Å². The molecule has 4 rings (SSSR count). The molecule has 7 nitrogen and oxygen atoms in total. The van der Waals surface area contributed by atoms with Crippen LogP contribution in [0.3, 0.4) is 0 Å². The number of aliphatic hydroxyl groups is 2. The van der Waals surface area contributed by atoms with Gasteiger partial charge in [-0.25, -0.2) is 0 Å². The molecule has 0 spiro atoms. The molecular weight excluding hydrogens is 442 g/mol. The Morgan fingerprint density at radius 2 is 1.57 bits per heavy atom. The van der Waals surface area contributed by atoms with Crippen molar-refractivity contribution in [3.63, 3.8) is 0 Å². The maximum absolute atomic E-state index is 12.6. The van der Waals surface area contributed by atoms with Gasteiger partial charge in [0.15, 0.2) is 0 Å². The Hall–Kier alpha value is -2.45. The summed E-state index contributed by atoms with van der Waals surface area (Å²) in [6.07, 6.45) is 2.54. The number of carbonyl (C=O) groups is 1. The third-order valence-corrected chi connectivity index (χ3v) is 7.21. The smallest absolute Gasteiger partial charge is 0.225 e.